The number of fused-ring (bicyclic) bond motifs is 1. The highest BCUT2D eigenvalue weighted by atomic mass is 35.5. The second-order valence-corrected chi connectivity index (χ2v) is 4.58. The van der Waals surface area contributed by atoms with Crippen LogP contribution in [0.5, 0.6) is 0 Å². The first-order valence-corrected chi connectivity index (χ1v) is 5.69. The fraction of sp³-hybridized carbons (Fsp3) is 0.500. The highest BCUT2D eigenvalue weighted by molar-refractivity contribution is 6.30. The maximum atomic E-state index is 6.06. The lowest BCUT2D eigenvalue weighted by Crippen LogP contribution is -2.07. The summed E-state index contributed by atoms with van der Waals surface area (Å²) in [5, 5.41) is 16.3. The Morgan fingerprint density at radius 2 is 2.00 bits per heavy atom. The van der Waals surface area contributed by atoms with Gasteiger partial charge in [-0.25, -0.2) is 0 Å². The van der Waals surface area contributed by atoms with Crippen LogP contribution in [0.25, 0.3) is 5.65 Å². The summed E-state index contributed by atoms with van der Waals surface area (Å²) in [5.74, 6) is 0.683. The van der Waals surface area contributed by atoms with Gasteiger partial charge in [-0.1, -0.05) is 11.6 Å². The number of hydrogen-bond donors (Lipinski definition) is 1. The molecule has 16 heavy (non-hydrogen) atoms. The average molecular weight is 238 g/mol. The lowest BCUT2D eigenvalue weighted by atomic mass is 10.2. The quantitative estimate of drug-likeness (QED) is 0.868. The standard InChI is InChI=1S/C10H12ClN5/c1-5-6(2)9-13-14-10(12-7-3-4-7)16(9)15-8(5)11/h7H,3-4H2,1-2H3,(H,12,14). The molecule has 0 aliphatic heterocycles. The topological polar surface area (TPSA) is 55.1 Å². The molecule has 1 fully saturated rings. The molecule has 0 unspecified atom stereocenters. The third-order valence-corrected chi connectivity index (χ3v) is 3.31. The molecule has 3 rings (SSSR count). The molecule has 1 aliphatic carbocycles. The molecule has 1 saturated carbocycles. The van der Waals surface area contributed by atoms with Crippen molar-refractivity contribution in [1.29, 1.82) is 0 Å². The first kappa shape index (κ1) is 9.84. The highest BCUT2D eigenvalue weighted by Crippen LogP contribution is 2.25. The van der Waals surface area contributed by atoms with E-state index in [4.69, 9.17) is 11.6 Å². The number of hydrogen-bond acceptors (Lipinski definition) is 4. The summed E-state index contributed by atoms with van der Waals surface area (Å²) in [6.07, 6.45) is 2.38. The molecule has 5 nitrogen and oxygen atoms in total. The van der Waals surface area contributed by atoms with Gasteiger partial charge < -0.3 is 5.32 Å². The van der Waals surface area contributed by atoms with E-state index < -0.39 is 0 Å². The summed E-state index contributed by atoms with van der Waals surface area (Å²) in [6, 6.07) is 0.523. The predicted molar refractivity (Wildman–Crippen MR) is 61.9 cm³/mol. The second-order valence-electron chi connectivity index (χ2n) is 4.22. The number of rotatable bonds is 2. The van der Waals surface area contributed by atoms with Crippen LogP contribution in [0.15, 0.2) is 0 Å². The van der Waals surface area contributed by atoms with Crippen LogP contribution in [0, 0.1) is 13.8 Å². The van der Waals surface area contributed by atoms with Crippen molar-refractivity contribution in [3.05, 3.63) is 16.3 Å². The van der Waals surface area contributed by atoms with Gasteiger partial charge in [-0.2, -0.15) is 9.61 Å². The van der Waals surface area contributed by atoms with Gasteiger partial charge in [-0.05, 0) is 32.3 Å². The molecule has 0 atom stereocenters. The van der Waals surface area contributed by atoms with E-state index in [0.717, 1.165) is 16.8 Å². The molecule has 1 N–H and O–H groups in total. The second kappa shape index (κ2) is 3.31. The smallest absolute Gasteiger partial charge is 0.246 e. The summed E-state index contributed by atoms with van der Waals surface area (Å²) in [6.45, 7) is 3.92. The summed E-state index contributed by atoms with van der Waals surface area (Å²) < 4.78 is 1.68. The number of aromatic nitrogens is 4. The van der Waals surface area contributed by atoms with Gasteiger partial charge in [0.25, 0.3) is 0 Å². The van der Waals surface area contributed by atoms with Crippen molar-refractivity contribution < 1.29 is 0 Å². The van der Waals surface area contributed by atoms with Gasteiger partial charge in [-0.3, -0.25) is 0 Å². The summed E-state index contributed by atoms with van der Waals surface area (Å²) in [4.78, 5) is 0. The molecule has 84 valence electrons. The van der Waals surface area contributed by atoms with Crippen LogP contribution in [0.3, 0.4) is 0 Å². The zero-order chi connectivity index (χ0) is 11.3. The van der Waals surface area contributed by atoms with E-state index in [0.29, 0.717) is 17.1 Å². The average Bonchev–Trinajstić information content (AvgIpc) is 2.98. The molecule has 2 heterocycles. The summed E-state index contributed by atoms with van der Waals surface area (Å²) >= 11 is 6.06. The number of aryl methyl sites for hydroxylation is 1. The van der Waals surface area contributed by atoms with E-state index >= 15 is 0 Å². The van der Waals surface area contributed by atoms with Crippen molar-refractivity contribution in [1.82, 2.24) is 19.8 Å². The molecular weight excluding hydrogens is 226 g/mol. The van der Waals surface area contributed by atoms with Crippen molar-refractivity contribution in [3.63, 3.8) is 0 Å². The van der Waals surface area contributed by atoms with Crippen LogP contribution in [0.4, 0.5) is 5.95 Å². The Labute approximate surface area is 97.8 Å². The maximum absolute atomic E-state index is 6.06. The van der Waals surface area contributed by atoms with Gasteiger partial charge in [0, 0.05) is 11.6 Å². The highest BCUT2D eigenvalue weighted by Gasteiger charge is 2.24. The Kier molecular flexibility index (Phi) is 2.04. The maximum Gasteiger partial charge on any atom is 0.246 e. The third-order valence-electron chi connectivity index (χ3n) is 2.95. The van der Waals surface area contributed by atoms with Crippen molar-refractivity contribution in [3.8, 4) is 0 Å². The minimum absolute atomic E-state index is 0.503. The molecule has 0 saturated heterocycles. The molecule has 0 amide bonds. The van der Waals surface area contributed by atoms with Crippen LogP contribution >= 0.6 is 11.6 Å². The number of halogens is 1. The predicted octanol–water partition coefficient (Wildman–Crippen LogP) is 1.97. The van der Waals surface area contributed by atoms with Crippen LogP contribution in [0.2, 0.25) is 5.15 Å². The Morgan fingerprint density at radius 3 is 2.69 bits per heavy atom. The van der Waals surface area contributed by atoms with E-state index in [-0.39, 0.29) is 0 Å². The molecule has 0 bridgehead atoms. The molecule has 2 aromatic rings. The Bertz CT molecular complexity index is 558. The minimum Gasteiger partial charge on any atom is -0.350 e. The Balaban J connectivity index is 2.17. The minimum atomic E-state index is 0.503. The van der Waals surface area contributed by atoms with Crippen molar-refractivity contribution >= 4 is 23.2 Å². The van der Waals surface area contributed by atoms with Gasteiger partial charge in [0.05, 0.1) is 0 Å². The lowest BCUT2D eigenvalue weighted by Gasteiger charge is -2.05. The van der Waals surface area contributed by atoms with Gasteiger partial charge in [0.15, 0.2) is 10.8 Å². The first-order valence-electron chi connectivity index (χ1n) is 5.31. The first-order chi connectivity index (χ1) is 7.66. The number of nitrogens with one attached hydrogen (secondary N) is 1. The Hall–Kier alpha value is -1.36. The SMILES string of the molecule is Cc1c(Cl)nn2c(NC3CC3)nnc2c1C. The fourth-order valence-corrected chi connectivity index (χ4v) is 1.81. The van der Waals surface area contributed by atoms with Gasteiger partial charge in [0.1, 0.15) is 0 Å². The number of nitrogens with zero attached hydrogens (tertiary/aromatic N) is 4. The largest absolute Gasteiger partial charge is 0.350 e. The van der Waals surface area contributed by atoms with Crippen LogP contribution in [0.1, 0.15) is 24.0 Å². The van der Waals surface area contributed by atoms with E-state index in [2.05, 4.69) is 20.6 Å². The Morgan fingerprint density at radius 1 is 1.25 bits per heavy atom. The number of anilines is 1. The van der Waals surface area contributed by atoms with E-state index in [1.54, 1.807) is 4.52 Å². The summed E-state index contributed by atoms with van der Waals surface area (Å²) in [7, 11) is 0. The van der Waals surface area contributed by atoms with Crippen molar-refractivity contribution in [2.75, 3.05) is 5.32 Å². The van der Waals surface area contributed by atoms with Gasteiger partial charge >= 0.3 is 0 Å². The molecule has 0 aromatic carbocycles. The normalized spacial score (nSPS) is 15.7. The third kappa shape index (κ3) is 1.43. The zero-order valence-electron chi connectivity index (χ0n) is 9.16. The zero-order valence-corrected chi connectivity index (χ0v) is 9.91. The molecule has 0 radical (unpaired) electrons. The van der Waals surface area contributed by atoms with Gasteiger partial charge in [-0.15, -0.1) is 10.2 Å². The molecule has 2 aromatic heterocycles. The van der Waals surface area contributed by atoms with E-state index in [1.807, 2.05) is 13.8 Å². The molecule has 1 aliphatic rings. The van der Waals surface area contributed by atoms with Crippen LogP contribution in [-0.4, -0.2) is 25.9 Å². The van der Waals surface area contributed by atoms with E-state index in [1.165, 1.54) is 12.8 Å². The van der Waals surface area contributed by atoms with Crippen molar-refractivity contribution in [2.45, 2.75) is 32.7 Å². The molecular formula is C10H12ClN5. The lowest BCUT2D eigenvalue weighted by molar-refractivity contribution is 0.899. The molecule has 0 spiro atoms. The summed E-state index contributed by atoms with van der Waals surface area (Å²) in [5.41, 5.74) is 2.75. The van der Waals surface area contributed by atoms with Gasteiger partial charge in [0.2, 0.25) is 5.95 Å². The monoisotopic (exact) mass is 237 g/mol. The van der Waals surface area contributed by atoms with E-state index in [9.17, 15) is 0 Å². The van der Waals surface area contributed by atoms with Crippen LogP contribution < -0.4 is 5.32 Å². The van der Waals surface area contributed by atoms with Crippen LogP contribution in [-0.2, 0) is 0 Å². The fourth-order valence-electron chi connectivity index (χ4n) is 1.59. The van der Waals surface area contributed by atoms with Crippen molar-refractivity contribution in [2.24, 2.45) is 0 Å². The molecule has 6 heteroatoms.